The van der Waals surface area contributed by atoms with Crippen LogP contribution in [-0.4, -0.2) is 27.9 Å². The highest BCUT2D eigenvalue weighted by Gasteiger charge is 2.18. The van der Waals surface area contributed by atoms with E-state index in [0.29, 0.717) is 10.5 Å². The Morgan fingerprint density at radius 2 is 2.53 bits per heavy atom. The van der Waals surface area contributed by atoms with E-state index in [1.54, 1.807) is 4.52 Å². The summed E-state index contributed by atoms with van der Waals surface area (Å²) in [5.74, 6) is 0.255. The summed E-state index contributed by atoms with van der Waals surface area (Å²) >= 11 is 4.66. The molecule has 0 spiro atoms. The van der Waals surface area contributed by atoms with Crippen LogP contribution < -0.4 is 10.1 Å². The van der Waals surface area contributed by atoms with Crippen molar-refractivity contribution in [1.29, 1.82) is 0 Å². The quantitative estimate of drug-likeness (QED) is 0.890. The van der Waals surface area contributed by atoms with Crippen molar-refractivity contribution in [2.24, 2.45) is 0 Å². The number of hydrogen-bond acceptors (Lipinski definition) is 4. The van der Waals surface area contributed by atoms with Crippen LogP contribution in [0.15, 0.2) is 9.98 Å². The Morgan fingerprint density at radius 3 is 3.13 bits per heavy atom. The molecule has 0 aliphatic carbocycles. The number of nitrogens with zero attached hydrogens (tertiary/aromatic N) is 2. The summed E-state index contributed by atoms with van der Waals surface area (Å²) in [5, 5.41) is 16.8. The second kappa shape index (κ2) is 3.70. The Morgan fingerprint density at radius 1 is 1.80 bits per heavy atom. The minimum Gasteiger partial charge on any atom is -0.478 e. The van der Waals surface area contributed by atoms with Crippen LogP contribution in [0.25, 0.3) is 4.83 Å². The summed E-state index contributed by atoms with van der Waals surface area (Å²) in [5.41, 5.74) is 0.362. The number of hydrogen-bond donors (Lipinski definition) is 2. The van der Waals surface area contributed by atoms with E-state index in [2.05, 4.69) is 26.3 Å². The number of fused-ring (bicyclic) bond motifs is 1. The van der Waals surface area contributed by atoms with E-state index in [1.807, 2.05) is 5.38 Å². The molecule has 0 aromatic carbocycles. The zero-order valence-electron chi connectivity index (χ0n) is 7.52. The molecular formula is C7H6BrN3O3S. The van der Waals surface area contributed by atoms with Crippen molar-refractivity contribution in [3.05, 3.63) is 9.98 Å². The predicted octanol–water partition coefficient (Wildman–Crippen LogP) is 2.26. The van der Waals surface area contributed by atoms with Crippen LogP contribution in [0.1, 0.15) is 0 Å². The zero-order valence-corrected chi connectivity index (χ0v) is 9.92. The molecule has 2 heterocycles. The normalized spacial score (nSPS) is 10.5. The van der Waals surface area contributed by atoms with Gasteiger partial charge in [0.25, 0.3) is 5.88 Å². The SMILES string of the molecule is COc1nn2c(Br)csc2c1NC(=O)O. The standard InChI is InChI=1S/C7H6BrN3O3S/c1-14-5-4(9-7(12)13)6-11(10-5)3(8)2-15-6/h2,9H,1H3,(H,12,13). The first-order chi connectivity index (χ1) is 7.13. The Labute approximate surface area is 96.6 Å². The monoisotopic (exact) mass is 291 g/mol. The minimum absolute atomic E-state index is 0.255. The second-order valence-electron chi connectivity index (χ2n) is 2.59. The lowest BCUT2D eigenvalue weighted by Crippen LogP contribution is -2.07. The summed E-state index contributed by atoms with van der Waals surface area (Å²) in [4.78, 5) is 11.3. The Hall–Kier alpha value is -1.28. The maximum atomic E-state index is 10.6. The first-order valence-corrected chi connectivity index (χ1v) is 5.50. The molecule has 2 aromatic heterocycles. The number of halogens is 1. The van der Waals surface area contributed by atoms with Crippen molar-refractivity contribution < 1.29 is 14.6 Å². The van der Waals surface area contributed by atoms with E-state index >= 15 is 0 Å². The van der Waals surface area contributed by atoms with Gasteiger partial charge in [0, 0.05) is 5.38 Å². The van der Waals surface area contributed by atoms with E-state index in [-0.39, 0.29) is 5.88 Å². The molecule has 8 heteroatoms. The molecule has 2 N–H and O–H groups in total. The number of amides is 1. The molecule has 2 aromatic rings. The highest BCUT2D eigenvalue weighted by atomic mass is 79.9. The van der Waals surface area contributed by atoms with Gasteiger partial charge in [-0.15, -0.1) is 16.4 Å². The summed E-state index contributed by atoms with van der Waals surface area (Å²) in [6, 6.07) is 0. The van der Waals surface area contributed by atoms with Crippen molar-refractivity contribution in [3.63, 3.8) is 0 Å². The zero-order chi connectivity index (χ0) is 11.0. The Kier molecular flexibility index (Phi) is 2.53. The van der Waals surface area contributed by atoms with E-state index in [9.17, 15) is 4.79 Å². The molecule has 0 aliphatic rings. The summed E-state index contributed by atoms with van der Waals surface area (Å²) < 4.78 is 7.29. The number of thiazole rings is 1. The molecule has 0 aliphatic heterocycles. The average Bonchev–Trinajstić information content (AvgIpc) is 2.68. The van der Waals surface area contributed by atoms with Crippen molar-refractivity contribution in [2.45, 2.75) is 0 Å². The topological polar surface area (TPSA) is 75.9 Å². The third-order valence-corrected chi connectivity index (χ3v) is 3.52. The van der Waals surface area contributed by atoms with Crippen LogP contribution in [0, 0.1) is 0 Å². The van der Waals surface area contributed by atoms with E-state index in [4.69, 9.17) is 9.84 Å². The Bertz CT molecular complexity index is 521. The van der Waals surface area contributed by atoms with Gasteiger partial charge in [0.15, 0.2) is 0 Å². The van der Waals surface area contributed by atoms with Gasteiger partial charge in [0.05, 0.1) is 7.11 Å². The molecule has 15 heavy (non-hydrogen) atoms. The van der Waals surface area contributed by atoms with Crippen LogP contribution in [0.5, 0.6) is 5.88 Å². The maximum Gasteiger partial charge on any atom is 0.409 e. The van der Waals surface area contributed by atoms with Gasteiger partial charge in [-0.05, 0) is 15.9 Å². The van der Waals surface area contributed by atoms with Crippen molar-refractivity contribution in [1.82, 2.24) is 9.61 Å². The van der Waals surface area contributed by atoms with Gasteiger partial charge in [-0.1, -0.05) is 0 Å². The van der Waals surface area contributed by atoms with Gasteiger partial charge in [-0.2, -0.15) is 0 Å². The number of aromatic nitrogens is 2. The Balaban J connectivity index is 2.61. The van der Waals surface area contributed by atoms with E-state index in [0.717, 1.165) is 4.60 Å². The molecule has 0 saturated carbocycles. The highest BCUT2D eigenvalue weighted by Crippen LogP contribution is 2.34. The highest BCUT2D eigenvalue weighted by molar-refractivity contribution is 9.10. The number of methoxy groups -OCH3 is 1. The van der Waals surface area contributed by atoms with Crippen LogP contribution in [0.4, 0.5) is 10.5 Å². The van der Waals surface area contributed by atoms with Crippen molar-refractivity contribution in [2.75, 3.05) is 12.4 Å². The molecule has 0 atom stereocenters. The average molecular weight is 292 g/mol. The molecule has 6 nitrogen and oxygen atoms in total. The maximum absolute atomic E-state index is 10.6. The fourth-order valence-electron chi connectivity index (χ4n) is 1.15. The molecule has 2 rings (SSSR count). The molecule has 0 radical (unpaired) electrons. The largest absolute Gasteiger partial charge is 0.478 e. The fourth-order valence-corrected chi connectivity index (χ4v) is 2.61. The number of ether oxygens (including phenoxy) is 1. The van der Waals surface area contributed by atoms with Gasteiger partial charge in [-0.3, -0.25) is 5.32 Å². The number of rotatable bonds is 2. The van der Waals surface area contributed by atoms with Gasteiger partial charge >= 0.3 is 6.09 Å². The van der Waals surface area contributed by atoms with Crippen LogP contribution in [0.2, 0.25) is 0 Å². The molecule has 0 unspecified atom stereocenters. The van der Waals surface area contributed by atoms with Gasteiger partial charge in [-0.25, -0.2) is 9.31 Å². The van der Waals surface area contributed by atoms with E-state index < -0.39 is 6.09 Å². The first-order valence-electron chi connectivity index (χ1n) is 3.83. The minimum atomic E-state index is -1.15. The van der Waals surface area contributed by atoms with Crippen LogP contribution in [-0.2, 0) is 0 Å². The van der Waals surface area contributed by atoms with Crippen molar-refractivity contribution >= 4 is 43.9 Å². The number of nitrogens with one attached hydrogen (secondary N) is 1. The molecule has 0 saturated heterocycles. The number of carboxylic acid groups (broad SMARTS) is 1. The van der Waals surface area contributed by atoms with Crippen molar-refractivity contribution in [3.8, 4) is 5.88 Å². The lowest BCUT2D eigenvalue weighted by atomic mass is 10.5. The summed E-state index contributed by atoms with van der Waals surface area (Å²) in [6.45, 7) is 0. The molecule has 80 valence electrons. The molecule has 1 amide bonds. The van der Waals surface area contributed by atoms with Gasteiger partial charge in [0.2, 0.25) is 0 Å². The summed E-state index contributed by atoms with van der Waals surface area (Å²) in [7, 11) is 1.44. The predicted molar refractivity (Wildman–Crippen MR) is 59.0 cm³/mol. The van der Waals surface area contributed by atoms with Crippen LogP contribution in [0.3, 0.4) is 0 Å². The molecule has 0 bridgehead atoms. The third-order valence-electron chi connectivity index (χ3n) is 1.71. The molecular weight excluding hydrogens is 286 g/mol. The number of carbonyl (C=O) groups is 1. The van der Waals surface area contributed by atoms with Crippen LogP contribution >= 0.6 is 27.3 Å². The lowest BCUT2D eigenvalue weighted by Gasteiger charge is -1.98. The smallest absolute Gasteiger partial charge is 0.409 e. The second-order valence-corrected chi connectivity index (χ2v) is 4.26. The number of anilines is 1. The molecule has 0 fully saturated rings. The van der Waals surface area contributed by atoms with Gasteiger partial charge < -0.3 is 9.84 Å². The summed E-state index contributed by atoms with van der Waals surface area (Å²) in [6.07, 6.45) is -1.15. The first kappa shape index (κ1) is 10.2. The van der Waals surface area contributed by atoms with E-state index in [1.165, 1.54) is 18.4 Å². The third kappa shape index (κ3) is 1.65. The van der Waals surface area contributed by atoms with Gasteiger partial charge in [0.1, 0.15) is 15.1 Å². The fraction of sp³-hybridized carbons (Fsp3) is 0.143. The lowest BCUT2D eigenvalue weighted by molar-refractivity contribution is 0.209.